The molecule has 1 aromatic heterocycles. The van der Waals surface area contributed by atoms with E-state index in [1.165, 1.54) is 0 Å². The SMILES string of the molecule is Cn1ncc2c(Br)cc(C3CCC(=O)NC3=O)cc21. The third-order valence-electron chi connectivity index (χ3n) is 3.48. The fourth-order valence-corrected chi connectivity index (χ4v) is 3.01. The van der Waals surface area contributed by atoms with Gasteiger partial charge in [-0.05, 0) is 24.1 Å². The number of carbonyl (C=O) groups is 2. The number of halogens is 1. The molecule has 1 aromatic carbocycles. The van der Waals surface area contributed by atoms with Crippen LogP contribution in [0.15, 0.2) is 22.8 Å². The lowest BCUT2D eigenvalue weighted by atomic mass is 9.90. The summed E-state index contributed by atoms with van der Waals surface area (Å²) in [6.07, 6.45) is 2.73. The summed E-state index contributed by atoms with van der Waals surface area (Å²) in [7, 11) is 1.86. The molecule has 0 radical (unpaired) electrons. The van der Waals surface area contributed by atoms with Crippen molar-refractivity contribution in [2.75, 3.05) is 0 Å². The Bertz CT molecular complexity index is 692. The van der Waals surface area contributed by atoms with Crippen LogP contribution in [0.1, 0.15) is 24.3 Å². The summed E-state index contributed by atoms with van der Waals surface area (Å²) < 4.78 is 2.69. The number of aromatic nitrogens is 2. The van der Waals surface area contributed by atoms with E-state index in [0.29, 0.717) is 12.8 Å². The van der Waals surface area contributed by atoms with Crippen molar-refractivity contribution < 1.29 is 9.59 Å². The van der Waals surface area contributed by atoms with Crippen molar-refractivity contribution in [3.63, 3.8) is 0 Å². The number of nitrogens with zero attached hydrogens (tertiary/aromatic N) is 2. The molecule has 5 nitrogen and oxygen atoms in total. The number of hydrogen-bond acceptors (Lipinski definition) is 3. The molecule has 2 heterocycles. The molecule has 1 aliphatic rings. The van der Waals surface area contributed by atoms with Gasteiger partial charge in [-0.2, -0.15) is 5.10 Å². The number of benzene rings is 1. The largest absolute Gasteiger partial charge is 0.296 e. The number of nitrogens with one attached hydrogen (secondary N) is 1. The Balaban J connectivity index is 2.07. The van der Waals surface area contributed by atoms with Gasteiger partial charge in [0, 0.05) is 23.3 Å². The Morgan fingerprint density at radius 2 is 2.21 bits per heavy atom. The molecule has 1 saturated heterocycles. The van der Waals surface area contributed by atoms with E-state index in [-0.39, 0.29) is 17.7 Å². The van der Waals surface area contributed by atoms with Crippen molar-refractivity contribution in [2.24, 2.45) is 7.05 Å². The van der Waals surface area contributed by atoms with E-state index < -0.39 is 0 Å². The summed E-state index contributed by atoms with van der Waals surface area (Å²) in [4.78, 5) is 23.1. The van der Waals surface area contributed by atoms with E-state index in [2.05, 4.69) is 26.3 Å². The summed E-state index contributed by atoms with van der Waals surface area (Å²) >= 11 is 3.51. The zero-order valence-electron chi connectivity index (χ0n) is 10.3. The van der Waals surface area contributed by atoms with Crippen LogP contribution in [0.5, 0.6) is 0 Å². The molecule has 98 valence electrons. The number of hydrogen-bond donors (Lipinski definition) is 1. The molecule has 0 saturated carbocycles. The van der Waals surface area contributed by atoms with Crippen molar-refractivity contribution in [2.45, 2.75) is 18.8 Å². The van der Waals surface area contributed by atoms with Gasteiger partial charge < -0.3 is 0 Å². The minimum absolute atomic E-state index is 0.193. The number of rotatable bonds is 1. The standard InChI is InChI=1S/C13H12BrN3O2/c1-17-11-5-7(4-10(14)9(11)6-15-17)8-2-3-12(18)16-13(8)19/h4-6,8H,2-3H2,1H3,(H,16,18,19). The highest BCUT2D eigenvalue weighted by atomic mass is 79.9. The Hall–Kier alpha value is -1.69. The van der Waals surface area contributed by atoms with Crippen molar-refractivity contribution in [1.82, 2.24) is 15.1 Å². The van der Waals surface area contributed by atoms with Gasteiger partial charge in [0.25, 0.3) is 0 Å². The monoisotopic (exact) mass is 321 g/mol. The zero-order valence-corrected chi connectivity index (χ0v) is 11.9. The third kappa shape index (κ3) is 2.06. The molecule has 0 spiro atoms. The molecule has 0 bridgehead atoms. The molecule has 1 aliphatic heterocycles. The fourth-order valence-electron chi connectivity index (χ4n) is 2.44. The van der Waals surface area contributed by atoms with Crippen molar-refractivity contribution in [3.8, 4) is 0 Å². The Labute approximate surface area is 118 Å². The molecule has 1 N–H and O–H groups in total. The van der Waals surface area contributed by atoms with Gasteiger partial charge in [0.2, 0.25) is 11.8 Å². The molecule has 2 amide bonds. The number of fused-ring (bicyclic) bond motifs is 1. The van der Waals surface area contributed by atoms with Gasteiger partial charge in [-0.25, -0.2) is 0 Å². The highest BCUT2D eigenvalue weighted by molar-refractivity contribution is 9.10. The number of carbonyl (C=O) groups excluding carboxylic acids is 2. The van der Waals surface area contributed by atoms with Gasteiger partial charge in [-0.15, -0.1) is 0 Å². The second-order valence-corrected chi connectivity index (χ2v) is 5.56. The average molecular weight is 322 g/mol. The lowest BCUT2D eigenvalue weighted by molar-refractivity contribution is -0.134. The van der Waals surface area contributed by atoms with Gasteiger partial charge in [0.15, 0.2) is 0 Å². The molecular formula is C13H12BrN3O2. The Kier molecular flexibility index (Phi) is 2.89. The summed E-state index contributed by atoms with van der Waals surface area (Å²) in [6, 6.07) is 3.90. The predicted octanol–water partition coefficient (Wildman–Crippen LogP) is 1.86. The van der Waals surface area contributed by atoms with Crippen LogP contribution in [0, 0.1) is 0 Å². The summed E-state index contributed by atoms with van der Waals surface area (Å²) in [5.74, 6) is -0.681. The second kappa shape index (κ2) is 4.45. The quantitative estimate of drug-likeness (QED) is 0.815. The normalized spacial score (nSPS) is 19.8. The first kappa shape index (κ1) is 12.3. The lowest BCUT2D eigenvalue weighted by Gasteiger charge is -2.21. The van der Waals surface area contributed by atoms with Crippen molar-refractivity contribution in [1.29, 1.82) is 0 Å². The predicted molar refractivity (Wildman–Crippen MR) is 73.5 cm³/mol. The maximum Gasteiger partial charge on any atom is 0.234 e. The fraction of sp³-hybridized carbons (Fsp3) is 0.308. The topological polar surface area (TPSA) is 64.0 Å². The van der Waals surface area contributed by atoms with Crippen LogP contribution in [0.3, 0.4) is 0 Å². The van der Waals surface area contributed by atoms with Crippen LogP contribution >= 0.6 is 15.9 Å². The number of piperidine rings is 1. The number of aryl methyl sites for hydroxylation is 1. The first-order chi connectivity index (χ1) is 9.06. The smallest absolute Gasteiger partial charge is 0.234 e. The Morgan fingerprint density at radius 1 is 1.42 bits per heavy atom. The van der Waals surface area contributed by atoms with E-state index in [1.807, 2.05) is 19.2 Å². The van der Waals surface area contributed by atoms with Gasteiger partial charge >= 0.3 is 0 Å². The van der Waals surface area contributed by atoms with Crippen LogP contribution in [0.25, 0.3) is 10.9 Å². The zero-order chi connectivity index (χ0) is 13.6. The summed E-state index contributed by atoms with van der Waals surface area (Å²) in [6.45, 7) is 0. The van der Waals surface area contributed by atoms with Crippen LogP contribution in [-0.2, 0) is 16.6 Å². The van der Waals surface area contributed by atoms with Crippen molar-refractivity contribution in [3.05, 3.63) is 28.4 Å². The molecule has 2 aromatic rings. The van der Waals surface area contributed by atoms with E-state index >= 15 is 0 Å². The second-order valence-electron chi connectivity index (χ2n) is 4.71. The highest BCUT2D eigenvalue weighted by Gasteiger charge is 2.28. The van der Waals surface area contributed by atoms with Gasteiger partial charge in [-0.3, -0.25) is 19.6 Å². The van der Waals surface area contributed by atoms with Crippen LogP contribution in [-0.4, -0.2) is 21.6 Å². The van der Waals surface area contributed by atoms with Gasteiger partial charge in [-0.1, -0.05) is 15.9 Å². The first-order valence-corrected chi connectivity index (χ1v) is 6.80. The average Bonchev–Trinajstić information content (AvgIpc) is 2.72. The number of imide groups is 1. The Morgan fingerprint density at radius 3 is 2.95 bits per heavy atom. The molecular weight excluding hydrogens is 310 g/mol. The molecule has 1 unspecified atom stereocenters. The van der Waals surface area contributed by atoms with Crippen LogP contribution < -0.4 is 5.32 Å². The maximum absolute atomic E-state index is 11.9. The third-order valence-corrected chi connectivity index (χ3v) is 4.14. The van der Waals surface area contributed by atoms with Gasteiger partial charge in [0.05, 0.1) is 17.6 Å². The molecule has 1 atom stereocenters. The van der Waals surface area contributed by atoms with E-state index in [0.717, 1.165) is 20.9 Å². The number of amides is 2. The molecule has 6 heteroatoms. The van der Waals surface area contributed by atoms with E-state index in [4.69, 9.17) is 0 Å². The van der Waals surface area contributed by atoms with E-state index in [1.54, 1.807) is 10.9 Å². The van der Waals surface area contributed by atoms with Gasteiger partial charge in [0.1, 0.15) is 0 Å². The molecule has 3 rings (SSSR count). The molecule has 1 fully saturated rings. The van der Waals surface area contributed by atoms with Crippen molar-refractivity contribution >= 4 is 38.6 Å². The summed E-state index contributed by atoms with van der Waals surface area (Å²) in [5.41, 5.74) is 1.88. The minimum atomic E-state index is -0.270. The molecule has 19 heavy (non-hydrogen) atoms. The summed E-state index contributed by atoms with van der Waals surface area (Å²) in [5, 5.41) is 7.61. The van der Waals surface area contributed by atoms with Crippen LogP contribution in [0.4, 0.5) is 0 Å². The highest BCUT2D eigenvalue weighted by Crippen LogP contribution is 2.32. The molecule has 0 aliphatic carbocycles. The maximum atomic E-state index is 11.9. The minimum Gasteiger partial charge on any atom is -0.296 e. The van der Waals surface area contributed by atoms with Crippen LogP contribution in [0.2, 0.25) is 0 Å². The lowest BCUT2D eigenvalue weighted by Crippen LogP contribution is -2.39. The van der Waals surface area contributed by atoms with E-state index in [9.17, 15) is 9.59 Å². The first-order valence-electron chi connectivity index (χ1n) is 6.01.